The van der Waals surface area contributed by atoms with E-state index in [1.54, 1.807) is 0 Å². The van der Waals surface area contributed by atoms with Gasteiger partial charge in [-0.1, -0.05) is 55.9 Å². The summed E-state index contributed by atoms with van der Waals surface area (Å²) in [5.74, 6) is 0. The number of hydrogen-bond acceptors (Lipinski definition) is 5. The summed E-state index contributed by atoms with van der Waals surface area (Å²) < 4.78 is 25.4. The molecular weight excluding hydrogens is 446 g/mol. The molecule has 0 spiro atoms. The highest BCUT2D eigenvalue weighted by Gasteiger charge is 2.47. The molecule has 1 aliphatic rings. The Hall–Kier alpha value is -0.710. The second kappa shape index (κ2) is 7.04. The van der Waals surface area contributed by atoms with E-state index in [9.17, 15) is 18.9 Å². The van der Waals surface area contributed by atoms with Gasteiger partial charge in [-0.15, -0.1) is 0 Å². The number of benzene rings is 1. The summed E-state index contributed by atoms with van der Waals surface area (Å²) >= 11 is 20.9. The Morgan fingerprint density at radius 3 is 2.30 bits per heavy atom. The Labute approximate surface area is 152 Å². The van der Waals surface area contributed by atoms with Crippen LogP contribution >= 0.6 is 50.7 Å². The zero-order valence-corrected chi connectivity index (χ0v) is 15.0. The first-order valence-electron chi connectivity index (χ1n) is 5.83. The van der Waals surface area contributed by atoms with Crippen LogP contribution in [0.5, 0.6) is 0 Å². The van der Waals surface area contributed by atoms with Gasteiger partial charge in [0, 0.05) is 5.02 Å². The lowest BCUT2D eigenvalue weighted by Gasteiger charge is -2.31. The molecule has 0 aliphatic carbocycles. The predicted octanol–water partition coefficient (Wildman–Crippen LogP) is 5.07. The molecule has 0 saturated carbocycles. The monoisotopic (exact) mass is 451 g/mol. The van der Waals surface area contributed by atoms with Crippen LogP contribution in [0, 0.1) is 10.1 Å². The number of nitro groups is 1. The first kappa shape index (κ1) is 18.6. The molecule has 0 bridgehead atoms. The van der Waals surface area contributed by atoms with E-state index in [-0.39, 0.29) is 26.5 Å². The molecule has 23 heavy (non-hydrogen) atoms. The molecule has 1 aromatic carbocycles. The first-order valence-corrected chi connectivity index (χ1v) is 7.88. The Kier molecular flexibility index (Phi) is 5.70. The van der Waals surface area contributed by atoms with Crippen molar-refractivity contribution in [1.29, 1.82) is 0 Å². The Balaban J connectivity index is 2.62. The predicted molar refractivity (Wildman–Crippen MR) is 85.3 cm³/mol. The minimum Gasteiger partial charge on any atom is -0.258 e. The van der Waals surface area contributed by atoms with Gasteiger partial charge < -0.3 is 0 Å². The molecule has 1 heterocycles. The van der Waals surface area contributed by atoms with Crippen LogP contribution in [0.1, 0.15) is 6.92 Å². The maximum absolute atomic E-state index is 12.7. The minimum atomic E-state index is -3.22. The molecule has 0 fully saturated rings. The van der Waals surface area contributed by atoms with Crippen molar-refractivity contribution >= 4 is 56.4 Å². The molecule has 1 aromatic rings. The maximum Gasteiger partial charge on any atom is 0.362 e. The molecule has 0 saturated heterocycles. The number of hydrazine groups is 1. The molecule has 12 heteroatoms. The quantitative estimate of drug-likeness (QED) is 0.276. The summed E-state index contributed by atoms with van der Waals surface area (Å²) in [6.07, 6.45) is 0. The summed E-state index contributed by atoms with van der Waals surface area (Å²) in [4.78, 5) is 13.6. The van der Waals surface area contributed by atoms with Crippen LogP contribution < -0.4 is 5.01 Å². The van der Waals surface area contributed by atoms with Gasteiger partial charge in [0.1, 0.15) is 5.70 Å². The molecule has 126 valence electrons. The van der Waals surface area contributed by atoms with Gasteiger partial charge in [0.2, 0.25) is 4.95 Å². The summed E-state index contributed by atoms with van der Waals surface area (Å²) in [6, 6.07) is 2.65. The zero-order chi connectivity index (χ0) is 17.5. The minimum absolute atomic E-state index is 0.00338. The first-order chi connectivity index (χ1) is 10.6. The van der Waals surface area contributed by atoms with Crippen LogP contribution in [-0.2, 0) is 4.84 Å². The third-order valence-corrected chi connectivity index (χ3v) is 4.46. The fraction of sp³-hybridized carbons (Fsp3) is 0.273. The van der Waals surface area contributed by atoms with Gasteiger partial charge in [-0.2, -0.15) is 8.78 Å². The van der Waals surface area contributed by atoms with E-state index in [2.05, 4.69) is 20.8 Å². The molecule has 1 aliphatic heterocycles. The third-order valence-electron chi connectivity index (χ3n) is 2.88. The normalized spacial score (nSPS) is 19.1. The van der Waals surface area contributed by atoms with E-state index in [1.165, 1.54) is 19.1 Å². The Morgan fingerprint density at radius 1 is 1.35 bits per heavy atom. The molecule has 1 atom stereocenters. The topological polar surface area (TPSA) is 58.9 Å². The van der Waals surface area contributed by atoms with Crippen molar-refractivity contribution in [2.75, 3.05) is 5.01 Å². The molecule has 0 amide bonds. The average Bonchev–Trinajstić information content (AvgIpc) is 2.61. The van der Waals surface area contributed by atoms with Crippen molar-refractivity contribution in [1.82, 2.24) is 5.17 Å². The van der Waals surface area contributed by atoms with E-state index in [4.69, 9.17) is 34.8 Å². The second-order valence-electron chi connectivity index (χ2n) is 4.26. The molecular formula is C11H7BrCl3F2N3O3. The van der Waals surface area contributed by atoms with Crippen LogP contribution in [-0.4, -0.2) is 21.7 Å². The number of nitrogens with zero attached hydrogens (tertiary/aromatic N) is 3. The highest BCUT2D eigenvalue weighted by molar-refractivity contribution is 9.09. The number of halogens is 6. The number of alkyl halides is 3. The van der Waals surface area contributed by atoms with Crippen molar-refractivity contribution in [3.8, 4) is 0 Å². The highest BCUT2D eigenvalue weighted by Crippen LogP contribution is 2.44. The molecule has 0 aromatic heterocycles. The lowest BCUT2D eigenvalue weighted by atomic mass is 10.3. The summed E-state index contributed by atoms with van der Waals surface area (Å²) in [5, 5.41) is 13.0. The van der Waals surface area contributed by atoms with Crippen molar-refractivity contribution in [2.45, 2.75) is 18.5 Å². The highest BCUT2D eigenvalue weighted by atomic mass is 79.9. The van der Waals surface area contributed by atoms with Gasteiger partial charge in [-0.3, -0.25) is 10.1 Å². The SMILES string of the molecule is CC1=C([N+](=O)[O-])C(Br)N(OC(F)F)N1c1c(Cl)cc(Cl)cc1Cl. The van der Waals surface area contributed by atoms with E-state index in [0.29, 0.717) is 5.17 Å². The molecule has 1 unspecified atom stereocenters. The van der Waals surface area contributed by atoms with Gasteiger partial charge in [0.05, 0.1) is 20.7 Å². The van der Waals surface area contributed by atoms with E-state index >= 15 is 0 Å². The number of allylic oxidation sites excluding steroid dienone is 1. The summed E-state index contributed by atoms with van der Waals surface area (Å²) in [6.45, 7) is -1.87. The standard InChI is InChI=1S/C11H7BrCl3F2N3O3/c1-4-8(20(21)22)10(12)19(23-11(16)17)18(4)9-6(14)2-5(13)3-7(9)15/h2-3,10-11H,1H3. The number of hydroxylamine groups is 1. The second-order valence-corrected chi connectivity index (χ2v) is 6.38. The lowest BCUT2D eigenvalue weighted by molar-refractivity contribution is -0.432. The summed E-state index contributed by atoms with van der Waals surface area (Å²) in [5.41, 5.74) is -0.367. The summed E-state index contributed by atoms with van der Waals surface area (Å²) in [7, 11) is 0. The number of rotatable bonds is 4. The third kappa shape index (κ3) is 3.54. The average molecular weight is 453 g/mol. The molecule has 0 radical (unpaired) electrons. The number of anilines is 1. The molecule has 2 rings (SSSR count). The molecule has 6 nitrogen and oxygen atoms in total. The van der Waals surface area contributed by atoms with Crippen LogP contribution in [0.2, 0.25) is 15.1 Å². The zero-order valence-electron chi connectivity index (χ0n) is 11.1. The van der Waals surface area contributed by atoms with Crippen molar-refractivity contribution in [2.24, 2.45) is 0 Å². The van der Waals surface area contributed by atoms with Gasteiger partial charge in [0.15, 0.2) is 0 Å². The lowest BCUT2D eigenvalue weighted by Crippen LogP contribution is -2.42. The Bertz CT molecular complexity index is 669. The smallest absolute Gasteiger partial charge is 0.258 e. The van der Waals surface area contributed by atoms with Crippen molar-refractivity contribution < 1.29 is 18.5 Å². The van der Waals surface area contributed by atoms with Crippen LogP contribution in [0.3, 0.4) is 0 Å². The fourth-order valence-electron chi connectivity index (χ4n) is 2.04. The van der Waals surface area contributed by atoms with Crippen LogP contribution in [0.25, 0.3) is 0 Å². The maximum atomic E-state index is 12.7. The van der Waals surface area contributed by atoms with E-state index < -0.39 is 22.2 Å². The fourth-order valence-corrected chi connectivity index (χ4v) is 3.79. The van der Waals surface area contributed by atoms with Crippen molar-refractivity contribution in [3.63, 3.8) is 0 Å². The number of hydrogen-bond donors (Lipinski definition) is 0. The van der Waals surface area contributed by atoms with Crippen molar-refractivity contribution in [3.05, 3.63) is 48.7 Å². The largest absolute Gasteiger partial charge is 0.362 e. The van der Waals surface area contributed by atoms with Gasteiger partial charge >= 0.3 is 6.61 Å². The van der Waals surface area contributed by atoms with E-state index in [0.717, 1.165) is 5.01 Å². The van der Waals surface area contributed by atoms with Gasteiger partial charge in [-0.25, -0.2) is 9.85 Å². The van der Waals surface area contributed by atoms with Crippen LogP contribution in [0.15, 0.2) is 23.5 Å². The van der Waals surface area contributed by atoms with Gasteiger partial charge in [-0.05, 0) is 19.1 Å². The molecule has 0 N–H and O–H groups in total. The van der Waals surface area contributed by atoms with E-state index in [1.807, 2.05) is 0 Å². The van der Waals surface area contributed by atoms with Crippen LogP contribution in [0.4, 0.5) is 14.5 Å². The Morgan fingerprint density at radius 2 is 1.87 bits per heavy atom. The van der Waals surface area contributed by atoms with Gasteiger partial charge in [0.25, 0.3) is 5.70 Å².